The lowest BCUT2D eigenvalue weighted by Gasteiger charge is -2.11. The van der Waals surface area contributed by atoms with Gasteiger partial charge in [0.05, 0.1) is 29.5 Å². The van der Waals surface area contributed by atoms with Crippen molar-refractivity contribution in [1.29, 1.82) is 0 Å². The van der Waals surface area contributed by atoms with Crippen molar-refractivity contribution in [3.05, 3.63) is 72.7 Å². The Labute approximate surface area is 155 Å². The van der Waals surface area contributed by atoms with Gasteiger partial charge in [0, 0.05) is 5.56 Å². The zero-order chi connectivity index (χ0) is 18.2. The Hall–Kier alpha value is -3.41. The maximum Gasteiger partial charge on any atom is 0.297 e. The zero-order valence-corrected chi connectivity index (χ0v) is 14.4. The van der Waals surface area contributed by atoms with E-state index >= 15 is 0 Å². The zero-order valence-electron chi connectivity index (χ0n) is 14.4. The minimum absolute atomic E-state index is 0.0890. The van der Waals surface area contributed by atoms with Crippen molar-refractivity contribution in [2.45, 2.75) is 12.6 Å². The summed E-state index contributed by atoms with van der Waals surface area (Å²) in [7, 11) is 0. The highest BCUT2D eigenvalue weighted by atomic mass is 19.1. The molecule has 0 bridgehead atoms. The van der Waals surface area contributed by atoms with E-state index in [1.807, 2.05) is 36.4 Å². The van der Waals surface area contributed by atoms with Crippen LogP contribution in [-0.4, -0.2) is 27.2 Å². The molecule has 1 aliphatic rings. The minimum Gasteiger partial charge on any atom is -0.488 e. The number of halogens is 1. The van der Waals surface area contributed by atoms with Gasteiger partial charge in [-0.1, -0.05) is 12.1 Å². The molecule has 2 aromatic carbocycles. The SMILES string of the molecule is Fc1ccc(-c2ccc(OC[C@@H]3Cn4c(nc5ccccc54)O3)cn2)cc1. The fourth-order valence-electron chi connectivity index (χ4n) is 3.24. The van der Waals surface area contributed by atoms with Gasteiger partial charge in [0.25, 0.3) is 6.01 Å². The first-order valence-corrected chi connectivity index (χ1v) is 8.73. The number of pyridine rings is 1. The van der Waals surface area contributed by atoms with Gasteiger partial charge < -0.3 is 9.47 Å². The number of hydrogen-bond donors (Lipinski definition) is 0. The maximum absolute atomic E-state index is 13.0. The van der Waals surface area contributed by atoms with Crippen molar-refractivity contribution in [2.24, 2.45) is 0 Å². The van der Waals surface area contributed by atoms with E-state index in [1.54, 1.807) is 18.3 Å². The Morgan fingerprint density at radius 3 is 2.74 bits per heavy atom. The van der Waals surface area contributed by atoms with Gasteiger partial charge in [-0.25, -0.2) is 4.39 Å². The van der Waals surface area contributed by atoms with E-state index in [0.29, 0.717) is 24.9 Å². The highest BCUT2D eigenvalue weighted by Crippen LogP contribution is 2.28. The molecule has 0 saturated heterocycles. The summed E-state index contributed by atoms with van der Waals surface area (Å²) in [5.41, 5.74) is 3.64. The van der Waals surface area contributed by atoms with Crippen molar-refractivity contribution in [1.82, 2.24) is 14.5 Å². The molecule has 0 spiro atoms. The van der Waals surface area contributed by atoms with Gasteiger partial charge >= 0.3 is 0 Å². The van der Waals surface area contributed by atoms with E-state index in [-0.39, 0.29) is 11.9 Å². The summed E-state index contributed by atoms with van der Waals surface area (Å²) >= 11 is 0. The lowest BCUT2D eigenvalue weighted by atomic mass is 10.1. The Morgan fingerprint density at radius 2 is 1.93 bits per heavy atom. The molecule has 5 rings (SSSR count). The van der Waals surface area contributed by atoms with Gasteiger partial charge in [-0.2, -0.15) is 4.98 Å². The number of ether oxygens (including phenoxy) is 2. The third-order valence-electron chi connectivity index (χ3n) is 4.59. The summed E-state index contributed by atoms with van der Waals surface area (Å²) in [4.78, 5) is 8.88. The van der Waals surface area contributed by atoms with Gasteiger partial charge in [-0.3, -0.25) is 9.55 Å². The summed E-state index contributed by atoms with van der Waals surface area (Å²) in [5.74, 6) is 0.405. The summed E-state index contributed by atoms with van der Waals surface area (Å²) in [6.45, 7) is 1.12. The van der Waals surface area contributed by atoms with E-state index in [2.05, 4.69) is 14.5 Å². The summed E-state index contributed by atoms with van der Waals surface area (Å²) in [6, 6.07) is 18.6. The van der Waals surface area contributed by atoms with Crippen molar-refractivity contribution >= 4 is 11.0 Å². The van der Waals surface area contributed by atoms with Crippen molar-refractivity contribution in [2.75, 3.05) is 6.61 Å². The van der Waals surface area contributed by atoms with Crippen LogP contribution in [0.3, 0.4) is 0 Å². The fourth-order valence-corrected chi connectivity index (χ4v) is 3.24. The second kappa shape index (κ2) is 6.39. The van der Waals surface area contributed by atoms with Crippen LogP contribution in [0, 0.1) is 5.82 Å². The van der Waals surface area contributed by atoms with Gasteiger partial charge in [0.15, 0.2) is 6.10 Å². The molecular weight excluding hydrogens is 345 g/mol. The molecule has 2 aromatic heterocycles. The number of rotatable bonds is 4. The van der Waals surface area contributed by atoms with Crippen molar-refractivity contribution in [3.8, 4) is 23.0 Å². The predicted octanol–water partition coefficient (Wildman–Crippen LogP) is 4.08. The molecule has 5 nitrogen and oxygen atoms in total. The molecule has 27 heavy (non-hydrogen) atoms. The number of hydrogen-bond acceptors (Lipinski definition) is 4. The minimum atomic E-state index is -0.261. The quantitative estimate of drug-likeness (QED) is 0.550. The molecule has 1 atom stereocenters. The topological polar surface area (TPSA) is 49.2 Å². The molecule has 0 aliphatic carbocycles. The lowest BCUT2D eigenvalue weighted by molar-refractivity contribution is 0.143. The molecule has 134 valence electrons. The molecule has 0 fully saturated rings. The average molecular weight is 361 g/mol. The predicted molar refractivity (Wildman–Crippen MR) is 99.3 cm³/mol. The standard InChI is InChI=1S/C21H16FN3O2/c22-15-7-5-14(6-8-15)18-10-9-16(11-23-18)26-13-17-12-25-20-4-2-1-3-19(20)24-21(25)27-17/h1-11,17H,12-13H2/t17-/m0/s1. The van der Waals surface area contributed by atoms with Crippen LogP contribution in [0.1, 0.15) is 0 Å². The number of para-hydroxylation sites is 2. The van der Waals surface area contributed by atoms with E-state index in [1.165, 1.54) is 12.1 Å². The summed E-state index contributed by atoms with van der Waals surface area (Å²) < 4.78 is 26.8. The van der Waals surface area contributed by atoms with Gasteiger partial charge in [0.2, 0.25) is 0 Å². The fraction of sp³-hybridized carbons (Fsp3) is 0.143. The van der Waals surface area contributed by atoms with Gasteiger partial charge in [-0.05, 0) is 48.5 Å². The number of imidazole rings is 1. The van der Waals surface area contributed by atoms with Crippen LogP contribution >= 0.6 is 0 Å². The molecule has 0 unspecified atom stereocenters. The lowest BCUT2D eigenvalue weighted by Crippen LogP contribution is -2.23. The van der Waals surface area contributed by atoms with Crippen LogP contribution in [0.2, 0.25) is 0 Å². The second-order valence-corrected chi connectivity index (χ2v) is 6.43. The number of nitrogens with zero attached hydrogens (tertiary/aromatic N) is 3. The number of fused-ring (bicyclic) bond motifs is 3. The smallest absolute Gasteiger partial charge is 0.297 e. The normalized spacial score (nSPS) is 15.5. The molecular formula is C21H16FN3O2. The highest BCUT2D eigenvalue weighted by Gasteiger charge is 2.26. The first kappa shape index (κ1) is 15.8. The number of benzene rings is 2. The highest BCUT2D eigenvalue weighted by molar-refractivity contribution is 5.76. The third-order valence-corrected chi connectivity index (χ3v) is 4.59. The average Bonchev–Trinajstić information content (AvgIpc) is 3.25. The largest absolute Gasteiger partial charge is 0.488 e. The molecule has 0 saturated carbocycles. The van der Waals surface area contributed by atoms with Crippen LogP contribution < -0.4 is 9.47 Å². The molecule has 6 heteroatoms. The summed E-state index contributed by atoms with van der Waals surface area (Å²) in [5, 5.41) is 0. The number of aromatic nitrogens is 3. The Kier molecular flexibility index (Phi) is 3.74. The van der Waals surface area contributed by atoms with Gasteiger partial charge in [0.1, 0.15) is 18.2 Å². The third kappa shape index (κ3) is 2.99. The molecule has 0 radical (unpaired) electrons. The monoisotopic (exact) mass is 361 g/mol. The molecule has 3 heterocycles. The van der Waals surface area contributed by atoms with E-state index in [9.17, 15) is 4.39 Å². The van der Waals surface area contributed by atoms with Crippen LogP contribution in [0.5, 0.6) is 11.8 Å². The van der Waals surface area contributed by atoms with E-state index in [4.69, 9.17) is 9.47 Å². The Bertz CT molecular complexity index is 1090. The molecule has 4 aromatic rings. The van der Waals surface area contributed by atoms with E-state index in [0.717, 1.165) is 22.3 Å². The first-order chi connectivity index (χ1) is 13.3. The Morgan fingerprint density at radius 1 is 1.07 bits per heavy atom. The van der Waals surface area contributed by atoms with Crippen LogP contribution in [-0.2, 0) is 6.54 Å². The first-order valence-electron chi connectivity index (χ1n) is 8.73. The Balaban J connectivity index is 1.23. The molecule has 0 amide bonds. The molecule has 0 N–H and O–H groups in total. The van der Waals surface area contributed by atoms with Crippen LogP contribution in [0.25, 0.3) is 22.3 Å². The van der Waals surface area contributed by atoms with Crippen molar-refractivity contribution < 1.29 is 13.9 Å². The van der Waals surface area contributed by atoms with Crippen LogP contribution in [0.4, 0.5) is 4.39 Å². The van der Waals surface area contributed by atoms with E-state index < -0.39 is 0 Å². The second-order valence-electron chi connectivity index (χ2n) is 6.43. The van der Waals surface area contributed by atoms with Gasteiger partial charge in [-0.15, -0.1) is 0 Å². The maximum atomic E-state index is 13.0. The molecule has 1 aliphatic heterocycles. The summed E-state index contributed by atoms with van der Waals surface area (Å²) in [6.07, 6.45) is 1.58. The van der Waals surface area contributed by atoms with Crippen LogP contribution in [0.15, 0.2) is 66.9 Å². The van der Waals surface area contributed by atoms with Crippen molar-refractivity contribution in [3.63, 3.8) is 0 Å².